The normalized spacial score (nSPS) is 11.6. The van der Waals surface area contributed by atoms with Gasteiger partial charge in [-0.15, -0.1) is 11.8 Å². The second-order valence-electron chi connectivity index (χ2n) is 9.96. The molecule has 0 atom stereocenters. The minimum absolute atomic E-state index is 0.0178. The van der Waals surface area contributed by atoms with Crippen molar-refractivity contribution in [2.24, 2.45) is 0 Å². The molecule has 0 fully saturated rings. The summed E-state index contributed by atoms with van der Waals surface area (Å²) < 4.78 is 12.7. The first-order valence-electron chi connectivity index (χ1n) is 12.9. The Hall–Kier alpha value is -2.64. The van der Waals surface area contributed by atoms with E-state index in [-0.39, 0.29) is 5.04 Å². The summed E-state index contributed by atoms with van der Waals surface area (Å²) >= 11 is 0. The van der Waals surface area contributed by atoms with Crippen LogP contribution in [0.25, 0.3) is 0 Å². The Balaban J connectivity index is 1.45. The van der Waals surface area contributed by atoms with Crippen LogP contribution in [0.2, 0.25) is 5.04 Å². The monoisotopic (exact) mass is 484 g/mol. The Labute approximate surface area is 213 Å². The van der Waals surface area contributed by atoms with Crippen molar-refractivity contribution in [2.45, 2.75) is 64.5 Å². The van der Waals surface area contributed by atoms with Gasteiger partial charge in [0.25, 0.3) is 8.32 Å². The second kappa shape index (κ2) is 14.0. The second-order valence-corrected chi connectivity index (χ2v) is 14.3. The number of rotatable bonds is 12. The predicted molar refractivity (Wildman–Crippen MR) is 151 cm³/mol. The van der Waals surface area contributed by atoms with Crippen LogP contribution in [0.15, 0.2) is 91.0 Å². The van der Waals surface area contributed by atoms with E-state index in [4.69, 9.17) is 9.16 Å². The summed E-state index contributed by atoms with van der Waals surface area (Å²) in [6.07, 6.45) is 4.91. The van der Waals surface area contributed by atoms with E-state index in [1.165, 1.54) is 15.9 Å². The zero-order valence-corrected chi connectivity index (χ0v) is 22.6. The van der Waals surface area contributed by atoms with Crippen LogP contribution in [0.3, 0.4) is 0 Å². The van der Waals surface area contributed by atoms with E-state index in [0.717, 1.165) is 45.3 Å². The molecule has 0 radical (unpaired) electrons. The highest BCUT2D eigenvalue weighted by Gasteiger charge is 2.49. The lowest BCUT2D eigenvalue weighted by atomic mass is 10.2. The minimum Gasteiger partial charge on any atom is -0.407 e. The van der Waals surface area contributed by atoms with Crippen molar-refractivity contribution < 1.29 is 9.16 Å². The van der Waals surface area contributed by atoms with Crippen LogP contribution in [0, 0.1) is 11.8 Å². The first kappa shape index (κ1) is 27.0. The van der Waals surface area contributed by atoms with Crippen LogP contribution < -0.4 is 10.4 Å². The lowest BCUT2D eigenvalue weighted by Crippen LogP contribution is -2.66. The molecule has 0 aliphatic rings. The third-order valence-corrected chi connectivity index (χ3v) is 11.3. The Bertz CT molecular complexity index is 991. The van der Waals surface area contributed by atoms with Crippen LogP contribution in [-0.2, 0) is 15.8 Å². The van der Waals surface area contributed by atoms with E-state index in [2.05, 4.69) is 105 Å². The standard InChI is InChI=1S/C32H40O2Si/c1-32(2,3)35(30-22-14-10-15-23-30,31-24-16-11-17-25-31)34-27-19-8-6-4-5-7-18-26-33-28-29-20-12-9-13-21-29/h9-17,20-25H,5,7-8,18-19,26-28H2,1-3H3. The molecule has 0 bridgehead atoms. The van der Waals surface area contributed by atoms with E-state index in [9.17, 15) is 0 Å². The Morgan fingerprint density at radius 1 is 0.629 bits per heavy atom. The highest BCUT2D eigenvalue weighted by molar-refractivity contribution is 6.99. The molecule has 2 nitrogen and oxygen atoms in total. The molecule has 0 N–H and O–H groups in total. The van der Waals surface area contributed by atoms with Crippen LogP contribution in [0.5, 0.6) is 0 Å². The van der Waals surface area contributed by atoms with Gasteiger partial charge in [0.2, 0.25) is 0 Å². The smallest absolute Gasteiger partial charge is 0.261 e. The van der Waals surface area contributed by atoms with Crippen LogP contribution >= 0.6 is 0 Å². The molecule has 0 aliphatic heterocycles. The summed E-state index contributed by atoms with van der Waals surface area (Å²) in [5, 5.41) is 2.68. The molecule has 0 spiro atoms. The highest BCUT2D eigenvalue weighted by atomic mass is 28.4. The molecule has 0 heterocycles. The topological polar surface area (TPSA) is 18.5 Å². The zero-order chi connectivity index (χ0) is 24.8. The predicted octanol–water partition coefficient (Wildman–Crippen LogP) is 6.73. The average molecular weight is 485 g/mol. The van der Waals surface area contributed by atoms with E-state index < -0.39 is 8.32 Å². The van der Waals surface area contributed by atoms with Gasteiger partial charge in [0.1, 0.15) is 0 Å². The van der Waals surface area contributed by atoms with Gasteiger partial charge in [-0.2, -0.15) is 0 Å². The summed E-state index contributed by atoms with van der Waals surface area (Å²) in [6, 6.07) is 32.0. The molecule has 3 aromatic carbocycles. The quantitative estimate of drug-likeness (QED) is 0.161. The fourth-order valence-electron chi connectivity index (χ4n) is 4.51. The van der Waals surface area contributed by atoms with Gasteiger partial charge in [-0.25, -0.2) is 0 Å². The molecule has 0 saturated heterocycles. The molecule has 0 unspecified atom stereocenters. The first-order valence-corrected chi connectivity index (χ1v) is 14.8. The first-order chi connectivity index (χ1) is 17.0. The summed E-state index contributed by atoms with van der Waals surface area (Å²) in [6.45, 7) is 9.18. The van der Waals surface area contributed by atoms with Crippen molar-refractivity contribution in [1.82, 2.24) is 0 Å². The highest BCUT2D eigenvalue weighted by Crippen LogP contribution is 2.36. The molecular formula is C32H40O2Si. The van der Waals surface area contributed by atoms with Crippen LogP contribution in [0.4, 0.5) is 0 Å². The van der Waals surface area contributed by atoms with Crippen molar-refractivity contribution in [3.63, 3.8) is 0 Å². The maximum absolute atomic E-state index is 6.93. The molecule has 3 rings (SSSR count). The number of hydrogen-bond donors (Lipinski definition) is 0. The van der Waals surface area contributed by atoms with Crippen LogP contribution in [0.1, 0.15) is 58.4 Å². The molecular weight excluding hydrogens is 444 g/mol. The van der Waals surface area contributed by atoms with Crippen molar-refractivity contribution in [2.75, 3.05) is 13.2 Å². The lowest BCUT2D eigenvalue weighted by molar-refractivity contribution is 0.117. The van der Waals surface area contributed by atoms with E-state index in [1.54, 1.807) is 0 Å². The molecule has 184 valence electrons. The lowest BCUT2D eigenvalue weighted by Gasteiger charge is -2.43. The summed E-state index contributed by atoms with van der Waals surface area (Å²) in [7, 11) is -2.43. The van der Waals surface area contributed by atoms with Crippen molar-refractivity contribution in [3.05, 3.63) is 96.6 Å². The van der Waals surface area contributed by atoms with E-state index in [0.29, 0.717) is 6.61 Å². The number of ether oxygens (including phenoxy) is 1. The number of benzene rings is 3. The van der Waals surface area contributed by atoms with Crippen molar-refractivity contribution >= 4 is 18.7 Å². The Morgan fingerprint density at radius 3 is 1.69 bits per heavy atom. The third-order valence-electron chi connectivity index (χ3n) is 6.26. The van der Waals surface area contributed by atoms with Gasteiger partial charge in [0.15, 0.2) is 0 Å². The maximum Gasteiger partial charge on any atom is 0.261 e. The SMILES string of the molecule is CC(C)(C)[Si](OCCCC#CCCCCOCc1ccccc1)(c1ccccc1)c1ccccc1. The van der Waals surface area contributed by atoms with Gasteiger partial charge >= 0.3 is 0 Å². The average Bonchev–Trinajstić information content (AvgIpc) is 2.88. The van der Waals surface area contributed by atoms with Gasteiger partial charge < -0.3 is 9.16 Å². The van der Waals surface area contributed by atoms with Gasteiger partial charge in [0.05, 0.1) is 6.61 Å². The number of unbranched alkanes of at least 4 members (excludes halogenated alkanes) is 3. The van der Waals surface area contributed by atoms with Gasteiger partial charge in [-0.05, 0) is 40.2 Å². The summed E-state index contributed by atoms with van der Waals surface area (Å²) in [5.41, 5.74) is 1.23. The summed E-state index contributed by atoms with van der Waals surface area (Å²) in [4.78, 5) is 0. The summed E-state index contributed by atoms with van der Waals surface area (Å²) in [5.74, 6) is 6.69. The van der Waals surface area contributed by atoms with Crippen molar-refractivity contribution in [3.8, 4) is 11.8 Å². The van der Waals surface area contributed by atoms with Gasteiger partial charge in [-0.1, -0.05) is 112 Å². The van der Waals surface area contributed by atoms with Gasteiger partial charge in [-0.3, -0.25) is 0 Å². The molecule has 3 aromatic rings. The third kappa shape index (κ3) is 7.94. The molecule has 0 aliphatic carbocycles. The molecule has 3 heteroatoms. The van der Waals surface area contributed by atoms with Gasteiger partial charge in [0, 0.05) is 26.1 Å². The largest absolute Gasteiger partial charge is 0.407 e. The minimum atomic E-state index is -2.43. The zero-order valence-electron chi connectivity index (χ0n) is 21.6. The fraction of sp³-hybridized carbons (Fsp3) is 0.375. The Morgan fingerprint density at radius 2 is 1.14 bits per heavy atom. The Kier molecular flexibility index (Phi) is 10.8. The molecule has 0 saturated carbocycles. The maximum atomic E-state index is 6.93. The number of hydrogen-bond acceptors (Lipinski definition) is 2. The fourth-order valence-corrected chi connectivity index (χ4v) is 9.11. The van der Waals surface area contributed by atoms with Crippen LogP contribution in [-0.4, -0.2) is 21.5 Å². The van der Waals surface area contributed by atoms with E-state index >= 15 is 0 Å². The molecule has 0 amide bonds. The van der Waals surface area contributed by atoms with E-state index in [1.807, 2.05) is 18.2 Å². The molecule has 35 heavy (non-hydrogen) atoms. The molecule has 0 aromatic heterocycles. The van der Waals surface area contributed by atoms with Crippen molar-refractivity contribution in [1.29, 1.82) is 0 Å².